The predicted octanol–water partition coefficient (Wildman–Crippen LogP) is 6.73. The van der Waals surface area contributed by atoms with Gasteiger partial charge in [-0.15, -0.1) is 11.3 Å². The van der Waals surface area contributed by atoms with E-state index >= 15 is 0 Å². The van der Waals surface area contributed by atoms with E-state index in [0.717, 1.165) is 15.6 Å². The Morgan fingerprint density at radius 1 is 0.833 bits per heavy atom. The Balaban J connectivity index is 1.55. The normalized spacial score (nSPS) is 16.8. The van der Waals surface area contributed by atoms with Gasteiger partial charge in [0, 0.05) is 21.4 Å². The first kappa shape index (κ1) is 22.7. The van der Waals surface area contributed by atoms with Crippen LogP contribution in [0.2, 0.25) is 0 Å². The number of rotatable bonds is 2. The number of benzene rings is 3. The Kier molecular flexibility index (Phi) is 5.00. The Labute approximate surface area is 216 Å². The van der Waals surface area contributed by atoms with E-state index in [4.69, 9.17) is 7.85 Å². The molecule has 2 heterocycles. The van der Waals surface area contributed by atoms with Crippen LogP contribution in [0.5, 0.6) is 0 Å². The van der Waals surface area contributed by atoms with Gasteiger partial charge in [0.1, 0.15) is 12.8 Å². The summed E-state index contributed by atoms with van der Waals surface area (Å²) in [6.07, 6.45) is 1.76. The summed E-state index contributed by atoms with van der Waals surface area (Å²) in [5.74, 6) is -0.502. The highest BCUT2D eigenvalue weighted by molar-refractivity contribution is 7.17. The number of anilines is 3. The molecule has 5 heteroatoms. The lowest BCUT2D eigenvalue weighted by Crippen LogP contribution is -2.29. The molecule has 1 aliphatic heterocycles. The van der Waals surface area contributed by atoms with Crippen molar-refractivity contribution in [2.45, 2.75) is 33.1 Å². The molecule has 0 spiro atoms. The molecule has 174 valence electrons. The number of nitrogens with zero attached hydrogens (tertiary/aromatic N) is 1. The zero-order valence-electron chi connectivity index (χ0n) is 20.7. The van der Waals surface area contributed by atoms with Crippen LogP contribution in [0.4, 0.5) is 16.4 Å². The zero-order chi connectivity index (χ0) is 25.4. The van der Waals surface area contributed by atoms with E-state index in [9.17, 15) is 9.59 Å². The number of carbonyl (C=O) groups excluding carboxylic acids is 2. The van der Waals surface area contributed by atoms with E-state index in [1.54, 1.807) is 35.6 Å². The molecular formula is C31H24BNO2S. The van der Waals surface area contributed by atoms with Gasteiger partial charge in [0.2, 0.25) is 0 Å². The first-order valence-corrected chi connectivity index (χ1v) is 12.8. The molecule has 6 rings (SSSR count). The standard InChI is InChI=1S/C31H24BNO2S/c1-17-8-7-9-18(2)27(17)33-26-11-6-5-10-24(26)31(3,4)25-16-20(36-30(25)33)15-23-28(34)21-13-12-19(32)14-22(21)29(23)35/h5-16H,1-4H3/b23-15+. The fourth-order valence-electron chi connectivity index (χ4n) is 5.53. The van der Waals surface area contributed by atoms with Crippen molar-refractivity contribution in [1.29, 1.82) is 0 Å². The first-order valence-electron chi connectivity index (χ1n) is 12.0. The summed E-state index contributed by atoms with van der Waals surface area (Å²) in [5.41, 5.74) is 8.37. The summed E-state index contributed by atoms with van der Waals surface area (Å²) < 4.78 is 0. The minimum Gasteiger partial charge on any atom is -0.301 e. The van der Waals surface area contributed by atoms with Gasteiger partial charge < -0.3 is 4.90 Å². The van der Waals surface area contributed by atoms with Gasteiger partial charge >= 0.3 is 0 Å². The maximum absolute atomic E-state index is 13.1. The van der Waals surface area contributed by atoms with Gasteiger partial charge in [0.15, 0.2) is 11.6 Å². The molecule has 0 atom stereocenters. The van der Waals surface area contributed by atoms with Gasteiger partial charge in [-0.3, -0.25) is 9.59 Å². The van der Waals surface area contributed by atoms with E-state index in [2.05, 4.69) is 81.1 Å². The fourth-order valence-corrected chi connectivity index (χ4v) is 6.81. The Morgan fingerprint density at radius 2 is 1.53 bits per heavy atom. The molecule has 2 aliphatic rings. The van der Waals surface area contributed by atoms with Crippen molar-refractivity contribution in [3.63, 3.8) is 0 Å². The summed E-state index contributed by atoms with van der Waals surface area (Å²) in [6.45, 7) is 8.75. The van der Waals surface area contributed by atoms with Crippen molar-refractivity contribution in [1.82, 2.24) is 0 Å². The molecule has 0 N–H and O–H groups in total. The van der Waals surface area contributed by atoms with Crippen molar-refractivity contribution in [3.05, 3.63) is 111 Å². The summed E-state index contributed by atoms with van der Waals surface area (Å²) in [4.78, 5) is 29.5. The lowest BCUT2D eigenvalue weighted by atomic mass is 9.75. The number of thiophene rings is 1. The average molecular weight is 485 g/mol. The fraction of sp³-hybridized carbons (Fsp3) is 0.161. The predicted molar refractivity (Wildman–Crippen MR) is 149 cm³/mol. The minimum absolute atomic E-state index is 0.197. The molecule has 0 bridgehead atoms. The quantitative estimate of drug-likeness (QED) is 0.180. The summed E-state index contributed by atoms with van der Waals surface area (Å²) in [6, 6.07) is 21.9. The van der Waals surface area contributed by atoms with Crippen molar-refractivity contribution in [2.24, 2.45) is 0 Å². The third-order valence-corrected chi connectivity index (χ3v) is 8.47. The summed E-state index contributed by atoms with van der Waals surface area (Å²) >= 11 is 1.61. The molecule has 2 radical (unpaired) electrons. The molecule has 4 aromatic rings. The SMILES string of the molecule is [B]c1ccc2c(c1)C(=O)/C(=C/c1cc3c(s1)N(c1c(C)cccc1C)c1ccccc1C3(C)C)C2=O. The average Bonchev–Trinajstić information content (AvgIpc) is 3.37. The van der Waals surface area contributed by atoms with Gasteiger partial charge in [-0.2, -0.15) is 0 Å². The van der Waals surface area contributed by atoms with Crippen LogP contribution in [0, 0.1) is 13.8 Å². The van der Waals surface area contributed by atoms with Crippen LogP contribution in [0.1, 0.15) is 61.7 Å². The lowest BCUT2D eigenvalue weighted by molar-refractivity contribution is 0.0990. The van der Waals surface area contributed by atoms with Gasteiger partial charge in [-0.1, -0.05) is 73.9 Å². The van der Waals surface area contributed by atoms with Crippen LogP contribution in [0.25, 0.3) is 6.08 Å². The number of Topliss-reactive ketones (excluding diaryl/α,β-unsaturated/α-hetero) is 2. The maximum atomic E-state index is 13.1. The number of allylic oxidation sites excluding steroid dienone is 1. The van der Waals surface area contributed by atoms with E-state index in [-0.39, 0.29) is 22.6 Å². The smallest absolute Gasteiger partial charge is 0.197 e. The molecule has 3 aromatic carbocycles. The molecule has 1 aliphatic carbocycles. The molecule has 36 heavy (non-hydrogen) atoms. The molecule has 0 saturated carbocycles. The molecule has 3 nitrogen and oxygen atoms in total. The Bertz CT molecular complexity index is 1620. The summed E-state index contributed by atoms with van der Waals surface area (Å²) in [5, 5.41) is 1.11. The second-order valence-corrected chi connectivity index (χ2v) is 11.2. The van der Waals surface area contributed by atoms with Crippen LogP contribution >= 0.6 is 11.3 Å². The number of aryl methyl sites for hydroxylation is 2. The van der Waals surface area contributed by atoms with Gasteiger partial charge in [-0.25, -0.2) is 0 Å². The molecular weight excluding hydrogens is 461 g/mol. The van der Waals surface area contributed by atoms with Gasteiger partial charge in [-0.05, 0) is 54.3 Å². The van der Waals surface area contributed by atoms with Crippen molar-refractivity contribution in [2.75, 3.05) is 4.90 Å². The van der Waals surface area contributed by atoms with E-state index in [0.29, 0.717) is 16.6 Å². The number of hydrogen-bond donors (Lipinski definition) is 0. The third-order valence-electron chi connectivity index (χ3n) is 7.40. The second kappa shape index (κ2) is 7.91. The van der Waals surface area contributed by atoms with E-state index in [1.807, 2.05) is 0 Å². The molecule has 0 saturated heterocycles. The van der Waals surface area contributed by atoms with E-state index < -0.39 is 0 Å². The van der Waals surface area contributed by atoms with Crippen molar-refractivity contribution < 1.29 is 9.59 Å². The minimum atomic E-state index is -0.261. The maximum Gasteiger partial charge on any atom is 0.197 e. The highest BCUT2D eigenvalue weighted by atomic mass is 32.1. The molecule has 1 aromatic heterocycles. The Hall–Kier alpha value is -3.70. The zero-order valence-corrected chi connectivity index (χ0v) is 21.5. The second-order valence-electron chi connectivity index (χ2n) is 10.1. The first-order chi connectivity index (χ1) is 17.2. The molecule has 0 fully saturated rings. The summed E-state index contributed by atoms with van der Waals surface area (Å²) in [7, 11) is 5.88. The topological polar surface area (TPSA) is 37.4 Å². The highest BCUT2D eigenvalue weighted by Crippen LogP contribution is 2.56. The van der Waals surface area contributed by atoms with Crippen LogP contribution < -0.4 is 10.4 Å². The highest BCUT2D eigenvalue weighted by Gasteiger charge is 2.40. The molecule has 0 amide bonds. The Morgan fingerprint density at radius 3 is 2.28 bits per heavy atom. The number of ketones is 2. The van der Waals surface area contributed by atoms with Gasteiger partial charge in [0.05, 0.1) is 16.9 Å². The number of hydrogen-bond acceptors (Lipinski definition) is 4. The third kappa shape index (κ3) is 3.19. The van der Waals surface area contributed by atoms with Crippen LogP contribution in [-0.4, -0.2) is 19.4 Å². The van der Waals surface area contributed by atoms with Crippen molar-refractivity contribution in [3.8, 4) is 0 Å². The van der Waals surface area contributed by atoms with Crippen LogP contribution in [0.15, 0.2) is 72.3 Å². The van der Waals surface area contributed by atoms with Gasteiger partial charge in [0.25, 0.3) is 0 Å². The monoisotopic (exact) mass is 485 g/mol. The largest absolute Gasteiger partial charge is 0.301 e. The lowest BCUT2D eigenvalue weighted by Gasteiger charge is -2.40. The number of para-hydroxylation sites is 2. The molecule has 0 unspecified atom stereocenters. The number of carbonyl (C=O) groups is 2. The van der Waals surface area contributed by atoms with Crippen molar-refractivity contribution >= 4 is 58.7 Å². The number of fused-ring (bicyclic) bond motifs is 3. The van der Waals surface area contributed by atoms with Crippen LogP contribution in [-0.2, 0) is 5.41 Å². The van der Waals surface area contributed by atoms with E-state index in [1.165, 1.54) is 27.9 Å². The van der Waals surface area contributed by atoms with Crippen LogP contribution in [0.3, 0.4) is 0 Å².